The zero-order valence-electron chi connectivity index (χ0n) is 15.3. The normalized spacial score (nSPS) is 23.3. The molecule has 5 rings (SSSR count). The zero-order chi connectivity index (χ0) is 20.2. The lowest BCUT2D eigenvalue weighted by Crippen LogP contribution is -2.34. The topological polar surface area (TPSA) is 142 Å². The molecular formula is C19H18N4O5S. The van der Waals surface area contributed by atoms with Gasteiger partial charge in [0, 0.05) is 17.0 Å². The molecular weight excluding hydrogens is 396 g/mol. The molecule has 0 atom stereocenters. The Bertz CT molecular complexity index is 1170. The van der Waals surface area contributed by atoms with Crippen molar-refractivity contribution < 1.29 is 22.2 Å². The average molecular weight is 414 g/mol. The maximum absolute atomic E-state index is 11.8. The van der Waals surface area contributed by atoms with E-state index < -0.39 is 15.7 Å². The number of nitrogens with two attached hydrogens (primary N) is 1. The minimum atomic E-state index is -2.95. The molecule has 2 N–H and O–H groups in total. The molecule has 9 nitrogen and oxygen atoms in total. The summed E-state index contributed by atoms with van der Waals surface area (Å²) in [6.07, 6.45) is 1.37. The lowest BCUT2D eigenvalue weighted by Gasteiger charge is -2.33. The number of hydrogen-bond donors (Lipinski definition) is 1. The number of amides is 1. The van der Waals surface area contributed by atoms with Crippen molar-refractivity contribution in [3.05, 3.63) is 53.4 Å². The summed E-state index contributed by atoms with van der Waals surface area (Å²) in [5.41, 5.74) is 7.67. The van der Waals surface area contributed by atoms with Gasteiger partial charge in [-0.05, 0) is 18.8 Å². The molecule has 1 saturated carbocycles. The van der Waals surface area contributed by atoms with Gasteiger partial charge in [-0.2, -0.15) is 0 Å². The highest BCUT2D eigenvalue weighted by atomic mass is 32.2. The van der Waals surface area contributed by atoms with Gasteiger partial charge in [0.1, 0.15) is 5.69 Å². The molecule has 3 aromatic rings. The third-order valence-corrected chi connectivity index (χ3v) is 7.43. The van der Waals surface area contributed by atoms with Crippen LogP contribution in [0.4, 0.5) is 0 Å². The molecule has 2 aromatic heterocycles. The first-order valence-corrected chi connectivity index (χ1v) is 11.1. The number of carbonyl (C=O) groups excluding carboxylic acids is 1. The molecule has 2 aliphatic rings. The third kappa shape index (κ3) is 3.13. The van der Waals surface area contributed by atoms with E-state index in [0.717, 1.165) is 5.56 Å². The van der Waals surface area contributed by atoms with Crippen molar-refractivity contribution in [1.82, 2.24) is 15.4 Å². The van der Waals surface area contributed by atoms with Crippen molar-refractivity contribution in [2.45, 2.75) is 30.6 Å². The second kappa shape index (κ2) is 6.51. The second-order valence-corrected chi connectivity index (χ2v) is 9.78. The molecule has 1 amide bonds. The standard InChI is InChI=1S/C19H18N4O5S/c20-17(24)16-14(15(23-28-16)10-4-2-1-3-5-10)11-6-12(7-11)18-21-22-19(27-18)13-8-29(25,26)9-13/h1-5,11-13H,6-9H2,(H2,20,24). The number of nitrogens with zero attached hydrogens (tertiary/aromatic N) is 3. The molecule has 0 spiro atoms. The molecule has 29 heavy (non-hydrogen) atoms. The average Bonchev–Trinajstić information content (AvgIpc) is 3.27. The smallest absolute Gasteiger partial charge is 0.287 e. The van der Waals surface area contributed by atoms with Crippen LogP contribution >= 0.6 is 0 Å². The zero-order valence-corrected chi connectivity index (χ0v) is 16.1. The van der Waals surface area contributed by atoms with E-state index in [1.807, 2.05) is 30.3 Å². The number of sulfone groups is 1. The van der Waals surface area contributed by atoms with Crippen LogP contribution in [0.15, 0.2) is 39.3 Å². The molecule has 3 heterocycles. The molecule has 150 valence electrons. The van der Waals surface area contributed by atoms with E-state index in [-0.39, 0.29) is 35.0 Å². The van der Waals surface area contributed by atoms with Crippen molar-refractivity contribution in [1.29, 1.82) is 0 Å². The first kappa shape index (κ1) is 18.0. The summed E-state index contributed by atoms with van der Waals surface area (Å²) in [4.78, 5) is 11.8. The number of primary amides is 1. The lowest BCUT2D eigenvalue weighted by molar-refractivity contribution is 0.0961. The van der Waals surface area contributed by atoms with Gasteiger partial charge in [-0.15, -0.1) is 10.2 Å². The van der Waals surface area contributed by atoms with Crippen LogP contribution in [0, 0.1) is 0 Å². The predicted octanol–water partition coefficient (Wildman–Crippen LogP) is 2.00. The molecule has 1 aliphatic heterocycles. The Hall–Kier alpha value is -3.01. The lowest BCUT2D eigenvalue weighted by atomic mass is 9.70. The molecule has 0 radical (unpaired) electrons. The quantitative estimate of drug-likeness (QED) is 0.668. The Morgan fingerprint density at radius 1 is 1.00 bits per heavy atom. The highest BCUT2D eigenvalue weighted by molar-refractivity contribution is 7.92. The fourth-order valence-electron chi connectivity index (χ4n) is 4.00. The Labute approximate surface area is 166 Å². The number of hydrogen-bond acceptors (Lipinski definition) is 8. The van der Waals surface area contributed by atoms with Crippen LogP contribution in [0.25, 0.3) is 11.3 Å². The summed E-state index contributed by atoms with van der Waals surface area (Å²) in [6.45, 7) is 0. The van der Waals surface area contributed by atoms with Crippen LogP contribution in [0.2, 0.25) is 0 Å². The molecule has 10 heteroatoms. The van der Waals surface area contributed by atoms with E-state index >= 15 is 0 Å². The van der Waals surface area contributed by atoms with E-state index in [0.29, 0.717) is 35.9 Å². The van der Waals surface area contributed by atoms with E-state index in [1.165, 1.54) is 0 Å². The van der Waals surface area contributed by atoms with Crippen LogP contribution < -0.4 is 5.73 Å². The second-order valence-electron chi connectivity index (χ2n) is 7.62. The van der Waals surface area contributed by atoms with Gasteiger partial charge in [0.15, 0.2) is 9.84 Å². The Morgan fingerprint density at radius 3 is 2.28 bits per heavy atom. The van der Waals surface area contributed by atoms with Gasteiger partial charge < -0.3 is 14.7 Å². The highest BCUT2D eigenvalue weighted by Gasteiger charge is 2.42. The Kier molecular flexibility index (Phi) is 4.05. The number of carbonyl (C=O) groups is 1. The minimum Gasteiger partial charge on any atom is -0.425 e. The van der Waals surface area contributed by atoms with Gasteiger partial charge in [0.2, 0.25) is 17.5 Å². The fourth-order valence-corrected chi connectivity index (χ4v) is 5.41. The summed E-state index contributed by atoms with van der Waals surface area (Å²) in [7, 11) is -2.95. The van der Waals surface area contributed by atoms with E-state index in [2.05, 4.69) is 15.4 Å². The van der Waals surface area contributed by atoms with Crippen LogP contribution in [0.1, 0.15) is 58.5 Å². The number of benzene rings is 1. The van der Waals surface area contributed by atoms with Crippen LogP contribution in [-0.2, 0) is 9.84 Å². The van der Waals surface area contributed by atoms with Crippen molar-refractivity contribution in [2.24, 2.45) is 5.73 Å². The summed E-state index contributed by atoms with van der Waals surface area (Å²) >= 11 is 0. The van der Waals surface area contributed by atoms with Crippen molar-refractivity contribution >= 4 is 15.7 Å². The summed E-state index contributed by atoms with van der Waals surface area (Å²) in [5, 5.41) is 12.2. The first-order valence-electron chi connectivity index (χ1n) is 9.30. The summed E-state index contributed by atoms with van der Waals surface area (Å²) in [5.74, 6) is 0.296. The fraction of sp³-hybridized carbons (Fsp3) is 0.368. The van der Waals surface area contributed by atoms with Crippen molar-refractivity contribution in [3.8, 4) is 11.3 Å². The van der Waals surface area contributed by atoms with E-state index in [1.54, 1.807) is 0 Å². The van der Waals surface area contributed by atoms with E-state index in [9.17, 15) is 13.2 Å². The molecule has 1 saturated heterocycles. The maximum atomic E-state index is 11.8. The van der Waals surface area contributed by atoms with Gasteiger partial charge in [-0.25, -0.2) is 8.42 Å². The minimum absolute atomic E-state index is 0.0309. The van der Waals surface area contributed by atoms with Gasteiger partial charge in [-0.3, -0.25) is 4.79 Å². The maximum Gasteiger partial charge on any atom is 0.287 e. The summed E-state index contributed by atoms with van der Waals surface area (Å²) in [6, 6.07) is 9.49. The Balaban J connectivity index is 1.35. The van der Waals surface area contributed by atoms with Crippen molar-refractivity contribution in [3.63, 3.8) is 0 Å². The highest BCUT2D eigenvalue weighted by Crippen LogP contribution is 2.50. The molecule has 1 aromatic carbocycles. The SMILES string of the molecule is NC(=O)c1onc(-c2ccccc2)c1C1CC(c2nnc(C3CS(=O)(=O)C3)o2)C1. The molecule has 1 aliphatic carbocycles. The monoisotopic (exact) mass is 414 g/mol. The largest absolute Gasteiger partial charge is 0.425 e. The number of rotatable bonds is 5. The molecule has 0 unspecified atom stereocenters. The van der Waals surface area contributed by atoms with Gasteiger partial charge in [0.05, 0.1) is 17.4 Å². The van der Waals surface area contributed by atoms with Crippen molar-refractivity contribution in [2.75, 3.05) is 11.5 Å². The van der Waals surface area contributed by atoms with E-state index in [4.69, 9.17) is 14.7 Å². The molecule has 0 bridgehead atoms. The predicted molar refractivity (Wildman–Crippen MR) is 101 cm³/mol. The first-order chi connectivity index (χ1) is 13.9. The Morgan fingerprint density at radius 2 is 1.66 bits per heavy atom. The van der Waals surface area contributed by atoms with Crippen LogP contribution in [0.5, 0.6) is 0 Å². The van der Waals surface area contributed by atoms with Gasteiger partial charge in [0.25, 0.3) is 5.91 Å². The molecule has 2 fully saturated rings. The third-order valence-electron chi connectivity index (χ3n) is 5.61. The van der Waals surface area contributed by atoms with Crippen LogP contribution in [0.3, 0.4) is 0 Å². The van der Waals surface area contributed by atoms with Gasteiger partial charge >= 0.3 is 0 Å². The number of aromatic nitrogens is 3. The summed E-state index contributed by atoms with van der Waals surface area (Å²) < 4.78 is 33.7. The van der Waals surface area contributed by atoms with Gasteiger partial charge in [-0.1, -0.05) is 35.5 Å². The van der Waals surface area contributed by atoms with Crippen LogP contribution in [-0.4, -0.2) is 41.2 Å².